The summed E-state index contributed by atoms with van der Waals surface area (Å²) in [4.78, 5) is 15.0. The summed E-state index contributed by atoms with van der Waals surface area (Å²) in [6, 6.07) is 4.95. The second-order valence-electron chi connectivity index (χ2n) is 5.39. The first-order valence-electron chi connectivity index (χ1n) is 6.94. The minimum atomic E-state index is -0.503. The van der Waals surface area contributed by atoms with Gasteiger partial charge in [0.1, 0.15) is 0 Å². The van der Waals surface area contributed by atoms with Crippen molar-refractivity contribution in [2.75, 3.05) is 0 Å². The first-order valence-corrected chi connectivity index (χ1v) is 6.94. The van der Waals surface area contributed by atoms with E-state index in [0.29, 0.717) is 23.4 Å². The zero-order valence-corrected chi connectivity index (χ0v) is 11.7. The molecule has 1 fully saturated rings. The molecule has 0 unspecified atom stereocenters. The quantitative estimate of drug-likeness (QED) is 0.684. The van der Waals surface area contributed by atoms with Crippen molar-refractivity contribution in [1.82, 2.24) is 10.1 Å². The highest BCUT2D eigenvalue weighted by Gasteiger charge is 2.39. The van der Waals surface area contributed by atoms with Crippen LogP contribution in [0.5, 0.6) is 0 Å². The molecule has 7 heteroatoms. The smallest absolute Gasteiger partial charge is 0.273 e. The topological polar surface area (TPSA) is 108 Å². The molecule has 0 atom stereocenters. The summed E-state index contributed by atoms with van der Waals surface area (Å²) >= 11 is 0. The second kappa shape index (κ2) is 4.92. The van der Waals surface area contributed by atoms with Crippen molar-refractivity contribution < 1.29 is 9.45 Å². The lowest BCUT2D eigenvalue weighted by Gasteiger charge is -2.34. The molecule has 0 bridgehead atoms. The van der Waals surface area contributed by atoms with Gasteiger partial charge in [-0.1, -0.05) is 18.1 Å². The Morgan fingerprint density at radius 1 is 1.48 bits per heavy atom. The summed E-state index contributed by atoms with van der Waals surface area (Å²) in [6.45, 7) is 1.88. The number of nitro groups is 1. The van der Waals surface area contributed by atoms with Gasteiger partial charge < -0.3 is 10.3 Å². The lowest BCUT2D eigenvalue weighted by molar-refractivity contribution is -0.385. The summed E-state index contributed by atoms with van der Waals surface area (Å²) < 4.78 is 5.22. The molecule has 1 saturated carbocycles. The molecule has 1 heterocycles. The minimum absolute atomic E-state index is 0.0702. The molecule has 7 nitrogen and oxygen atoms in total. The summed E-state index contributed by atoms with van der Waals surface area (Å²) in [5.74, 6) is 0.749. The van der Waals surface area contributed by atoms with Gasteiger partial charge in [-0.2, -0.15) is 4.98 Å². The Bertz CT molecular complexity index is 691. The lowest BCUT2D eigenvalue weighted by Crippen LogP contribution is -2.44. The first kappa shape index (κ1) is 13.7. The monoisotopic (exact) mass is 288 g/mol. The van der Waals surface area contributed by atoms with Crippen LogP contribution < -0.4 is 5.73 Å². The number of benzene rings is 1. The zero-order chi connectivity index (χ0) is 15.0. The first-order chi connectivity index (χ1) is 10.0. The van der Waals surface area contributed by atoms with Crippen molar-refractivity contribution in [1.29, 1.82) is 0 Å². The van der Waals surface area contributed by atoms with Crippen LogP contribution in [0.25, 0.3) is 11.5 Å². The highest BCUT2D eigenvalue weighted by atomic mass is 16.6. The number of nitrogens with zero attached hydrogens (tertiary/aromatic N) is 3. The Morgan fingerprint density at radius 2 is 2.24 bits per heavy atom. The molecular formula is C14H16N4O3. The van der Waals surface area contributed by atoms with Crippen LogP contribution in [0.3, 0.4) is 0 Å². The average Bonchev–Trinajstić information content (AvgIpc) is 2.94. The van der Waals surface area contributed by atoms with E-state index in [9.17, 15) is 10.1 Å². The van der Waals surface area contributed by atoms with Gasteiger partial charge in [-0.3, -0.25) is 10.1 Å². The van der Waals surface area contributed by atoms with Gasteiger partial charge in [0.05, 0.1) is 10.5 Å². The maximum atomic E-state index is 11.1. The fourth-order valence-corrected chi connectivity index (χ4v) is 2.49. The molecule has 0 saturated heterocycles. The van der Waals surface area contributed by atoms with Gasteiger partial charge in [0.15, 0.2) is 5.82 Å². The molecule has 0 radical (unpaired) electrons. The lowest BCUT2D eigenvalue weighted by atomic mass is 9.77. The zero-order valence-electron chi connectivity index (χ0n) is 11.7. The van der Waals surface area contributed by atoms with E-state index in [0.717, 1.165) is 19.3 Å². The van der Waals surface area contributed by atoms with Crippen LogP contribution in [0.4, 0.5) is 5.69 Å². The van der Waals surface area contributed by atoms with E-state index in [-0.39, 0.29) is 11.6 Å². The highest BCUT2D eigenvalue weighted by Crippen LogP contribution is 2.38. The number of aryl methyl sites for hydroxylation is 1. The summed E-state index contributed by atoms with van der Waals surface area (Å²) in [5.41, 5.74) is 6.93. The molecule has 21 heavy (non-hydrogen) atoms. The van der Waals surface area contributed by atoms with E-state index in [2.05, 4.69) is 10.1 Å². The van der Waals surface area contributed by atoms with Crippen molar-refractivity contribution in [2.24, 2.45) is 5.73 Å². The van der Waals surface area contributed by atoms with Gasteiger partial charge in [0, 0.05) is 17.2 Å². The molecule has 0 spiro atoms. The van der Waals surface area contributed by atoms with Gasteiger partial charge in [-0.15, -0.1) is 0 Å². The number of aromatic nitrogens is 2. The van der Waals surface area contributed by atoms with Crippen molar-refractivity contribution in [3.8, 4) is 11.5 Å². The Hall–Kier alpha value is -2.28. The van der Waals surface area contributed by atoms with E-state index in [1.54, 1.807) is 12.1 Å². The van der Waals surface area contributed by atoms with E-state index in [1.807, 2.05) is 6.92 Å². The summed E-state index contributed by atoms with van der Waals surface area (Å²) in [5, 5.41) is 15.0. The standard InChI is InChI=1S/C14H16N4O3/c1-2-9-4-5-10(8-11(9)18(19)20)12-16-13(17-21-12)14(15)6-3-7-14/h4-5,8H,2-3,6-7,15H2,1H3. The largest absolute Gasteiger partial charge is 0.334 e. The summed E-state index contributed by atoms with van der Waals surface area (Å²) in [6.07, 6.45) is 3.32. The Morgan fingerprint density at radius 3 is 2.81 bits per heavy atom. The predicted molar refractivity (Wildman–Crippen MR) is 75.5 cm³/mol. The van der Waals surface area contributed by atoms with Crippen LogP contribution in [0.15, 0.2) is 22.7 Å². The number of hydrogen-bond acceptors (Lipinski definition) is 6. The maximum absolute atomic E-state index is 11.1. The van der Waals surface area contributed by atoms with Crippen LogP contribution in [0.1, 0.15) is 37.6 Å². The third-order valence-electron chi connectivity index (χ3n) is 4.03. The molecule has 0 amide bonds. The Balaban J connectivity index is 1.97. The molecular weight excluding hydrogens is 272 g/mol. The fourth-order valence-electron chi connectivity index (χ4n) is 2.49. The predicted octanol–water partition coefficient (Wildman–Crippen LogP) is 2.55. The third-order valence-corrected chi connectivity index (χ3v) is 4.03. The van der Waals surface area contributed by atoms with Crippen LogP contribution in [0, 0.1) is 10.1 Å². The number of rotatable bonds is 4. The van der Waals surface area contributed by atoms with E-state index in [1.165, 1.54) is 6.07 Å². The molecule has 3 rings (SSSR count). The second-order valence-corrected chi connectivity index (χ2v) is 5.39. The van der Waals surface area contributed by atoms with Crippen LogP contribution in [-0.4, -0.2) is 15.1 Å². The van der Waals surface area contributed by atoms with Crippen molar-refractivity contribution in [3.63, 3.8) is 0 Å². The van der Waals surface area contributed by atoms with Gasteiger partial charge in [0.2, 0.25) is 0 Å². The van der Waals surface area contributed by atoms with Crippen molar-refractivity contribution in [2.45, 2.75) is 38.1 Å². The normalized spacial score (nSPS) is 16.5. The van der Waals surface area contributed by atoms with Crippen molar-refractivity contribution >= 4 is 5.69 Å². The van der Waals surface area contributed by atoms with Crippen molar-refractivity contribution in [3.05, 3.63) is 39.7 Å². The molecule has 110 valence electrons. The SMILES string of the molecule is CCc1ccc(-c2nc(C3(N)CCC3)no2)cc1[N+](=O)[O-]. The molecule has 1 aliphatic carbocycles. The fraction of sp³-hybridized carbons (Fsp3) is 0.429. The van der Waals surface area contributed by atoms with Crippen LogP contribution in [-0.2, 0) is 12.0 Å². The molecule has 1 aromatic carbocycles. The number of hydrogen-bond donors (Lipinski definition) is 1. The van der Waals surface area contributed by atoms with Gasteiger partial charge in [-0.05, 0) is 31.7 Å². The molecule has 1 aliphatic rings. The Kier molecular flexibility index (Phi) is 3.21. The van der Waals surface area contributed by atoms with E-state index < -0.39 is 10.5 Å². The van der Waals surface area contributed by atoms with E-state index >= 15 is 0 Å². The minimum Gasteiger partial charge on any atom is -0.334 e. The van der Waals surface area contributed by atoms with Crippen LogP contribution >= 0.6 is 0 Å². The molecule has 0 aliphatic heterocycles. The average molecular weight is 288 g/mol. The van der Waals surface area contributed by atoms with E-state index in [4.69, 9.17) is 10.3 Å². The number of nitrogens with two attached hydrogens (primary N) is 1. The maximum Gasteiger partial charge on any atom is 0.273 e. The third kappa shape index (κ3) is 2.29. The summed E-state index contributed by atoms with van der Waals surface area (Å²) in [7, 11) is 0. The van der Waals surface area contributed by atoms with Gasteiger partial charge >= 0.3 is 0 Å². The van der Waals surface area contributed by atoms with Gasteiger partial charge in [0.25, 0.3) is 11.6 Å². The Labute approximate surface area is 121 Å². The highest BCUT2D eigenvalue weighted by molar-refractivity contribution is 5.60. The molecule has 2 aromatic rings. The van der Waals surface area contributed by atoms with Crippen LogP contribution in [0.2, 0.25) is 0 Å². The number of nitro benzene ring substituents is 1. The molecule has 2 N–H and O–H groups in total. The molecule has 1 aromatic heterocycles. The van der Waals surface area contributed by atoms with Gasteiger partial charge in [-0.25, -0.2) is 0 Å².